The second kappa shape index (κ2) is 5.21. The van der Waals surface area contributed by atoms with Gasteiger partial charge in [0.2, 0.25) is 0 Å². The van der Waals surface area contributed by atoms with Gasteiger partial charge < -0.3 is 4.57 Å². The molecule has 2 aromatic heterocycles. The van der Waals surface area contributed by atoms with Crippen LogP contribution in [0.5, 0.6) is 0 Å². The minimum Gasteiger partial charge on any atom is -0.310 e. The lowest BCUT2D eigenvalue weighted by Crippen LogP contribution is -2.22. The van der Waals surface area contributed by atoms with Crippen LogP contribution in [0, 0.1) is 6.92 Å². The van der Waals surface area contributed by atoms with Crippen molar-refractivity contribution in [3.05, 3.63) is 74.7 Å². The van der Waals surface area contributed by atoms with Crippen molar-refractivity contribution in [2.45, 2.75) is 13.5 Å². The molecular formula is C16H13BrN2O. The van der Waals surface area contributed by atoms with Crippen molar-refractivity contribution in [2.75, 3.05) is 0 Å². The molecule has 100 valence electrons. The summed E-state index contributed by atoms with van der Waals surface area (Å²) < 4.78 is 2.63. The fourth-order valence-corrected chi connectivity index (χ4v) is 2.87. The molecule has 3 aromatic rings. The molecule has 0 bridgehead atoms. The second-order valence-electron chi connectivity index (χ2n) is 4.80. The molecule has 0 aliphatic carbocycles. The van der Waals surface area contributed by atoms with Gasteiger partial charge in [0.1, 0.15) is 0 Å². The molecule has 3 nitrogen and oxygen atoms in total. The van der Waals surface area contributed by atoms with Gasteiger partial charge in [-0.15, -0.1) is 0 Å². The van der Waals surface area contributed by atoms with Crippen LogP contribution in [0.2, 0.25) is 0 Å². The first-order chi connectivity index (χ1) is 9.63. The van der Waals surface area contributed by atoms with Crippen LogP contribution >= 0.6 is 15.9 Å². The molecule has 2 heterocycles. The maximum Gasteiger partial charge on any atom is 0.253 e. The average molecular weight is 329 g/mol. The monoisotopic (exact) mass is 328 g/mol. The van der Waals surface area contributed by atoms with E-state index in [1.165, 1.54) is 0 Å². The summed E-state index contributed by atoms with van der Waals surface area (Å²) in [4.78, 5) is 16.4. The number of fused-ring (bicyclic) bond motifs is 1. The minimum absolute atomic E-state index is 0.0412. The molecule has 0 spiro atoms. The summed E-state index contributed by atoms with van der Waals surface area (Å²) in [6, 6.07) is 11.9. The van der Waals surface area contributed by atoms with E-state index in [0.29, 0.717) is 6.54 Å². The lowest BCUT2D eigenvalue weighted by atomic mass is 10.1. The number of aromatic nitrogens is 2. The molecule has 0 radical (unpaired) electrons. The Kier molecular flexibility index (Phi) is 3.40. The van der Waals surface area contributed by atoms with Gasteiger partial charge in [-0.1, -0.05) is 12.1 Å². The summed E-state index contributed by atoms with van der Waals surface area (Å²) >= 11 is 3.43. The van der Waals surface area contributed by atoms with E-state index in [1.54, 1.807) is 10.8 Å². The largest absolute Gasteiger partial charge is 0.310 e. The van der Waals surface area contributed by atoms with Crippen LogP contribution in [0.25, 0.3) is 10.9 Å². The Balaban J connectivity index is 2.03. The van der Waals surface area contributed by atoms with Gasteiger partial charge in [-0.05, 0) is 52.7 Å². The van der Waals surface area contributed by atoms with E-state index in [-0.39, 0.29) is 5.56 Å². The van der Waals surface area contributed by atoms with Crippen LogP contribution in [0.3, 0.4) is 0 Å². The van der Waals surface area contributed by atoms with E-state index >= 15 is 0 Å². The summed E-state index contributed by atoms with van der Waals surface area (Å²) in [5, 5.41) is 1.09. The zero-order valence-corrected chi connectivity index (χ0v) is 12.6. The number of hydrogen-bond acceptors (Lipinski definition) is 2. The van der Waals surface area contributed by atoms with Crippen molar-refractivity contribution in [3.63, 3.8) is 0 Å². The van der Waals surface area contributed by atoms with Gasteiger partial charge in [-0.3, -0.25) is 9.78 Å². The summed E-state index contributed by atoms with van der Waals surface area (Å²) in [5.74, 6) is 0. The third kappa shape index (κ3) is 2.51. The predicted octanol–water partition coefficient (Wildman–Crippen LogP) is 3.52. The first kappa shape index (κ1) is 13.1. The van der Waals surface area contributed by atoms with Crippen molar-refractivity contribution in [2.24, 2.45) is 0 Å². The number of halogens is 1. The lowest BCUT2D eigenvalue weighted by molar-refractivity contribution is 0.750. The number of aryl methyl sites for hydroxylation is 1. The van der Waals surface area contributed by atoms with Gasteiger partial charge in [0.25, 0.3) is 5.56 Å². The highest BCUT2D eigenvalue weighted by atomic mass is 79.9. The highest BCUT2D eigenvalue weighted by Gasteiger charge is 2.04. The molecule has 0 fully saturated rings. The first-order valence-corrected chi connectivity index (χ1v) is 7.13. The molecule has 0 N–H and O–H groups in total. The summed E-state index contributed by atoms with van der Waals surface area (Å²) in [7, 11) is 0. The number of pyridine rings is 2. The Morgan fingerprint density at radius 1 is 1.25 bits per heavy atom. The fraction of sp³-hybridized carbons (Fsp3) is 0.125. The van der Waals surface area contributed by atoms with Crippen molar-refractivity contribution >= 4 is 26.8 Å². The highest BCUT2D eigenvalue weighted by molar-refractivity contribution is 9.10. The van der Waals surface area contributed by atoms with Crippen molar-refractivity contribution < 1.29 is 0 Å². The molecule has 1 aromatic carbocycles. The molecule has 20 heavy (non-hydrogen) atoms. The first-order valence-electron chi connectivity index (χ1n) is 6.34. The number of nitrogens with zero attached hydrogens (tertiary/aromatic N) is 2. The topological polar surface area (TPSA) is 34.9 Å². The number of rotatable bonds is 2. The molecular weight excluding hydrogens is 316 g/mol. The van der Waals surface area contributed by atoms with Crippen molar-refractivity contribution in [3.8, 4) is 0 Å². The van der Waals surface area contributed by atoms with Crippen molar-refractivity contribution in [1.29, 1.82) is 0 Å². The lowest BCUT2D eigenvalue weighted by Gasteiger charge is -2.08. The number of hydrogen-bond donors (Lipinski definition) is 0. The third-order valence-corrected chi connectivity index (χ3v) is 3.69. The summed E-state index contributed by atoms with van der Waals surface area (Å²) in [6.45, 7) is 2.39. The molecule has 0 saturated carbocycles. The van der Waals surface area contributed by atoms with Crippen LogP contribution in [-0.4, -0.2) is 9.55 Å². The van der Waals surface area contributed by atoms with Crippen LogP contribution in [0.4, 0.5) is 0 Å². The molecule has 0 aliphatic heterocycles. The standard InChI is InChI=1S/C16H13BrN2O/c1-11-7-14(17)10-19(16(11)20)9-12-4-5-15-13(8-12)3-2-6-18-15/h2-8,10H,9H2,1H3. The Hall–Kier alpha value is -1.94. The molecule has 0 saturated heterocycles. The van der Waals surface area contributed by atoms with E-state index in [1.807, 2.05) is 43.5 Å². The Morgan fingerprint density at radius 2 is 2.10 bits per heavy atom. The fourth-order valence-electron chi connectivity index (χ4n) is 2.28. The van der Waals surface area contributed by atoms with Gasteiger partial charge in [0, 0.05) is 27.8 Å². The van der Waals surface area contributed by atoms with Gasteiger partial charge in [0.05, 0.1) is 12.1 Å². The Bertz CT molecular complexity index is 839. The molecule has 0 aliphatic rings. The molecule has 3 rings (SSSR count). The maximum atomic E-state index is 12.1. The predicted molar refractivity (Wildman–Crippen MR) is 84.0 cm³/mol. The molecule has 0 amide bonds. The highest BCUT2D eigenvalue weighted by Crippen LogP contribution is 2.15. The molecule has 4 heteroatoms. The third-order valence-electron chi connectivity index (χ3n) is 3.25. The SMILES string of the molecule is Cc1cc(Br)cn(Cc2ccc3ncccc3c2)c1=O. The smallest absolute Gasteiger partial charge is 0.253 e. The van der Waals surface area contributed by atoms with E-state index in [0.717, 1.165) is 26.5 Å². The van der Waals surface area contributed by atoms with Crippen LogP contribution < -0.4 is 5.56 Å². The van der Waals surface area contributed by atoms with Gasteiger partial charge in [-0.25, -0.2) is 0 Å². The van der Waals surface area contributed by atoms with Crippen LogP contribution in [-0.2, 0) is 6.54 Å². The summed E-state index contributed by atoms with van der Waals surface area (Å²) in [6.07, 6.45) is 3.60. The second-order valence-corrected chi connectivity index (χ2v) is 5.72. The van der Waals surface area contributed by atoms with Gasteiger partial charge in [0.15, 0.2) is 0 Å². The van der Waals surface area contributed by atoms with Gasteiger partial charge in [-0.2, -0.15) is 0 Å². The quantitative estimate of drug-likeness (QED) is 0.721. The average Bonchev–Trinajstić information content (AvgIpc) is 2.44. The zero-order chi connectivity index (χ0) is 14.1. The minimum atomic E-state index is 0.0412. The van der Waals surface area contributed by atoms with Gasteiger partial charge >= 0.3 is 0 Å². The van der Waals surface area contributed by atoms with E-state index < -0.39 is 0 Å². The van der Waals surface area contributed by atoms with E-state index in [2.05, 4.69) is 27.0 Å². The normalized spacial score (nSPS) is 10.9. The van der Waals surface area contributed by atoms with E-state index in [9.17, 15) is 4.79 Å². The Labute approximate surface area is 125 Å². The van der Waals surface area contributed by atoms with Crippen LogP contribution in [0.15, 0.2) is 58.1 Å². The zero-order valence-electron chi connectivity index (χ0n) is 11.0. The van der Waals surface area contributed by atoms with Crippen LogP contribution in [0.1, 0.15) is 11.1 Å². The van der Waals surface area contributed by atoms with Crippen molar-refractivity contribution in [1.82, 2.24) is 9.55 Å². The maximum absolute atomic E-state index is 12.1. The number of benzene rings is 1. The summed E-state index contributed by atoms with van der Waals surface area (Å²) in [5.41, 5.74) is 2.83. The Morgan fingerprint density at radius 3 is 2.95 bits per heavy atom. The van der Waals surface area contributed by atoms with E-state index in [4.69, 9.17) is 0 Å². The molecule has 0 atom stereocenters. The molecule has 0 unspecified atom stereocenters.